The predicted molar refractivity (Wildman–Crippen MR) is 83.6 cm³/mol. The van der Waals surface area contributed by atoms with E-state index >= 15 is 0 Å². The summed E-state index contributed by atoms with van der Waals surface area (Å²) in [6.07, 6.45) is 4.58. The van der Waals surface area contributed by atoms with Crippen LogP contribution >= 0.6 is 0 Å². The van der Waals surface area contributed by atoms with Crippen molar-refractivity contribution < 1.29 is 5.11 Å². The first-order chi connectivity index (χ1) is 10.6. The van der Waals surface area contributed by atoms with Crippen molar-refractivity contribution in [2.75, 3.05) is 11.9 Å². The number of aliphatic hydroxyl groups is 1. The first-order valence-electron chi connectivity index (χ1n) is 7.30. The zero-order chi connectivity index (χ0) is 15.2. The van der Waals surface area contributed by atoms with E-state index in [-0.39, 0.29) is 0 Å². The molecular formula is C16H17N5O. The van der Waals surface area contributed by atoms with Crippen LogP contribution < -0.4 is 5.32 Å². The lowest BCUT2D eigenvalue weighted by atomic mass is 10.0. The molecule has 6 heteroatoms. The van der Waals surface area contributed by atoms with Gasteiger partial charge >= 0.3 is 0 Å². The third-order valence-corrected chi connectivity index (χ3v) is 4.27. The molecule has 2 heterocycles. The maximum absolute atomic E-state index is 10.8. The smallest absolute Gasteiger partial charge is 0.163 e. The fourth-order valence-corrected chi connectivity index (χ4v) is 3.15. The van der Waals surface area contributed by atoms with Gasteiger partial charge in [-0.15, -0.1) is 0 Å². The van der Waals surface area contributed by atoms with E-state index in [1.807, 2.05) is 19.2 Å². The van der Waals surface area contributed by atoms with E-state index in [1.54, 1.807) is 10.9 Å². The minimum absolute atomic E-state index is 0.447. The van der Waals surface area contributed by atoms with Crippen molar-refractivity contribution in [3.8, 4) is 0 Å². The maximum Gasteiger partial charge on any atom is 0.163 e. The molecule has 4 rings (SSSR count). The number of fused-ring (bicyclic) bond motifs is 2. The number of aromatic nitrogens is 4. The molecule has 0 aliphatic heterocycles. The van der Waals surface area contributed by atoms with Crippen LogP contribution in [0.4, 0.5) is 5.82 Å². The third kappa shape index (κ3) is 2.12. The summed E-state index contributed by atoms with van der Waals surface area (Å²) in [5.74, 6) is 0.711. The third-order valence-electron chi connectivity index (χ3n) is 4.27. The summed E-state index contributed by atoms with van der Waals surface area (Å²) in [5.41, 5.74) is 2.45. The molecule has 0 amide bonds. The fraction of sp³-hybridized carbons (Fsp3) is 0.312. The van der Waals surface area contributed by atoms with E-state index in [0.29, 0.717) is 25.2 Å². The van der Waals surface area contributed by atoms with Crippen LogP contribution in [0, 0.1) is 0 Å². The Balaban J connectivity index is 1.55. The fourth-order valence-electron chi connectivity index (χ4n) is 3.15. The Kier molecular flexibility index (Phi) is 2.87. The van der Waals surface area contributed by atoms with Gasteiger partial charge in [0.1, 0.15) is 12.1 Å². The molecule has 0 atom stereocenters. The Morgan fingerprint density at radius 1 is 1.23 bits per heavy atom. The summed E-state index contributed by atoms with van der Waals surface area (Å²) < 4.78 is 1.71. The molecule has 1 aromatic carbocycles. The van der Waals surface area contributed by atoms with E-state index in [9.17, 15) is 5.11 Å². The standard InChI is InChI=1S/C16H17N5O/c1-21-15-13(8-20-21)14(18-10-19-15)17-9-16(22)6-11-4-2-3-5-12(11)7-16/h2-5,8,10,22H,6-7,9H2,1H3,(H,17,18,19). The number of anilines is 1. The van der Waals surface area contributed by atoms with Gasteiger partial charge in [0.05, 0.1) is 17.2 Å². The largest absolute Gasteiger partial charge is 0.387 e. The first-order valence-corrected chi connectivity index (χ1v) is 7.30. The van der Waals surface area contributed by atoms with E-state index in [1.165, 1.54) is 17.5 Å². The second-order valence-corrected chi connectivity index (χ2v) is 5.93. The van der Waals surface area contributed by atoms with Crippen LogP contribution in [0.2, 0.25) is 0 Å². The van der Waals surface area contributed by atoms with Crippen molar-refractivity contribution in [2.24, 2.45) is 7.05 Å². The lowest BCUT2D eigenvalue weighted by Gasteiger charge is -2.23. The summed E-state index contributed by atoms with van der Waals surface area (Å²) in [5, 5.41) is 19.2. The molecular weight excluding hydrogens is 278 g/mol. The molecule has 0 spiro atoms. The van der Waals surface area contributed by atoms with Gasteiger partial charge in [-0.2, -0.15) is 5.10 Å². The number of nitrogens with zero attached hydrogens (tertiary/aromatic N) is 4. The highest BCUT2D eigenvalue weighted by molar-refractivity contribution is 5.85. The van der Waals surface area contributed by atoms with E-state index < -0.39 is 5.60 Å². The average molecular weight is 295 g/mol. The van der Waals surface area contributed by atoms with Crippen molar-refractivity contribution >= 4 is 16.9 Å². The second-order valence-electron chi connectivity index (χ2n) is 5.93. The number of benzene rings is 1. The molecule has 0 saturated carbocycles. The van der Waals surface area contributed by atoms with Crippen LogP contribution in [0.3, 0.4) is 0 Å². The molecule has 0 fully saturated rings. The highest BCUT2D eigenvalue weighted by Crippen LogP contribution is 2.30. The molecule has 2 aromatic heterocycles. The summed E-state index contributed by atoms with van der Waals surface area (Å²) in [6, 6.07) is 8.19. The van der Waals surface area contributed by atoms with E-state index in [0.717, 1.165) is 11.0 Å². The van der Waals surface area contributed by atoms with Gasteiger partial charge in [0.15, 0.2) is 5.65 Å². The average Bonchev–Trinajstić information content (AvgIpc) is 3.06. The van der Waals surface area contributed by atoms with Gasteiger partial charge in [0.2, 0.25) is 0 Å². The van der Waals surface area contributed by atoms with Crippen molar-refractivity contribution in [1.29, 1.82) is 0 Å². The summed E-state index contributed by atoms with van der Waals surface area (Å²) in [7, 11) is 1.85. The summed E-state index contributed by atoms with van der Waals surface area (Å²) >= 11 is 0. The monoisotopic (exact) mass is 295 g/mol. The first kappa shape index (κ1) is 13.2. The normalized spacial score (nSPS) is 15.9. The minimum Gasteiger partial charge on any atom is -0.387 e. The quantitative estimate of drug-likeness (QED) is 0.762. The molecule has 0 saturated heterocycles. The number of aryl methyl sites for hydroxylation is 1. The Hall–Kier alpha value is -2.47. The van der Waals surface area contributed by atoms with Gasteiger partial charge in [0, 0.05) is 26.4 Å². The van der Waals surface area contributed by atoms with Crippen LogP contribution in [0.25, 0.3) is 11.0 Å². The van der Waals surface area contributed by atoms with Crippen LogP contribution in [0.15, 0.2) is 36.8 Å². The molecule has 22 heavy (non-hydrogen) atoms. The van der Waals surface area contributed by atoms with Crippen molar-refractivity contribution in [2.45, 2.75) is 18.4 Å². The Morgan fingerprint density at radius 3 is 2.68 bits per heavy atom. The van der Waals surface area contributed by atoms with Gasteiger partial charge in [-0.3, -0.25) is 4.68 Å². The molecule has 112 valence electrons. The molecule has 0 bridgehead atoms. The molecule has 1 aliphatic rings. The SMILES string of the molecule is Cn1ncc2c(NCC3(O)Cc4ccccc4C3)ncnc21. The van der Waals surface area contributed by atoms with E-state index in [4.69, 9.17) is 0 Å². The highest BCUT2D eigenvalue weighted by atomic mass is 16.3. The topological polar surface area (TPSA) is 75.9 Å². The number of hydrogen-bond donors (Lipinski definition) is 2. The molecule has 1 aliphatic carbocycles. The van der Waals surface area contributed by atoms with Crippen molar-refractivity contribution in [1.82, 2.24) is 19.7 Å². The number of nitrogens with one attached hydrogen (secondary N) is 1. The zero-order valence-corrected chi connectivity index (χ0v) is 12.3. The predicted octanol–water partition coefficient (Wildman–Crippen LogP) is 1.31. The highest BCUT2D eigenvalue weighted by Gasteiger charge is 2.34. The van der Waals surface area contributed by atoms with Gasteiger partial charge < -0.3 is 10.4 Å². The maximum atomic E-state index is 10.8. The Bertz CT molecular complexity index is 816. The van der Waals surface area contributed by atoms with Crippen molar-refractivity contribution in [3.05, 3.63) is 47.9 Å². The van der Waals surface area contributed by atoms with Crippen LogP contribution in [-0.2, 0) is 19.9 Å². The van der Waals surface area contributed by atoms with Gasteiger partial charge in [-0.1, -0.05) is 24.3 Å². The number of hydrogen-bond acceptors (Lipinski definition) is 5. The molecule has 0 radical (unpaired) electrons. The summed E-state index contributed by atoms with van der Waals surface area (Å²) in [6.45, 7) is 0.447. The lowest BCUT2D eigenvalue weighted by molar-refractivity contribution is 0.0651. The zero-order valence-electron chi connectivity index (χ0n) is 12.3. The minimum atomic E-state index is -0.775. The molecule has 6 nitrogen and oxygen atoms in total. The van der Waals surface area contributed by atoms with Gasteiger partial charge in [-0.05, 0) is 11.1 Å². The summed E-state index contributed by atoms with van der Waals surface area (Å²) in [4.78, 5) is 8.49. The molecule has 3 aromatic rings. The van der Waals surface area contributed by atoms with Crippen LogP contribution in [-0.4, -0.2) is 37.0 Å². The van der Waals surface area contributed by atoms with Gasteiger partial charge in [0.25, 0.3) is 0 Å². The number of rotatable bonds is 3. The lowest BCUT2D eigenvalue weighted by Crippen LogP contribution is -2.37. The Morgan fingerprint density at radius 2 is 1.95 bits per heavy atom. The van der Waals surface area contributed by atoms with Crippen molar-refractivity contribution in [3.63, 3.8) is 0 Å². The van der Waals surface area contributed by atoms with E-state index in [2.05, 4.69) is 32.5 Å². The molecule has 2 N–H and O–H groups in total. The Labute approximate surface area is 127 Å². The van der Waals surface area contributed by atoms with Crippen LogP contribution in [0.1, 0.15) is 11.1 Å². The second kappa shape index (κ2) is 4.78. The molecule has 0 unspecified atom stereocenters. The van der Waals surface area contributed by atoms with Crippen LogP contribution in [0.5, 0.6) is 0 Å². The van der Waals surface area contributed by atoms with Gasteiger partial charge in [-0.25, -0.2) is 9.97 Å².